The smallest absolute Gasteiger partial charge is 0.315 e. The van der Waals surface area contributed by atoms with Crippen molar-refractivity contribution < 1.29 is 9.53 Å². The van der Waals surface area contributed by atoms with Gasteiger partial charge in [-0.25, -0.2) is 9.78 Å². The number of hydrogen-bond acceptors (Lipinski definition) is 3. The van der Waals surface area contributed by atoms with E-state index in [2.05, 4.69) is 15.6 Å². The van der Waals surface area contributed by atoms with E-state index >= 15 is 0 Å². The van der Waals surface area contributed by atoms with Crippen molar-refractivity contribution in [2.75, 3.05) is 13.7 Å². The van der Waals surface area contributed by atoms with E-state index in [0.717, 1.165) is 29.1 Å². The van der Waals surface area contributed by atoms with E-state index in [-0.39, 0.29) is 12.1 Å². The van der Waals surface area contributed by atoms with Gasteiger partial charge in [-0.05, 0) is 36.2 Å². The van der Waals surface area contributed by atoms with Crippen LogP contribution in [0.1, 0.15) is 30.6 Å². The highest BCUT2D eigenvalue weighted by Gasteiger charge is 2.12. The number of urea groups is 1. The molecular formula is C20H24N4O2. The van der Waals surface area contributed by atoms with Crippen LogP contribution in [-0.2, 0) is 6.42 Å². The third kappa shape index (κ3) is 4.33. The van der Waals surface area contributed by atoms with E-state index < -0.39 is 0 Å². The van der Waals surface area contributed by atoms with Crippen molar-refractivity contribution in [3.8, 4) is 5.75 Å². The van der Waals surface area contributed by atoms with Crippen LogP contribution in [-0.4, -0.2) is 29.1 Å². The number of benzene rings is 1. The van der Waals surface area contributed by atoms with Crippen LogP contribution in [0, 0.1) is 0 Å². The van der Waals surface area contributed by atoms with Crippen molar-refractivity contribution in [1.29, 1.82) is 0 Å². The minimum atomic E-state index is -0.170. The molecule has 3 rings (SSSR count). The van der Waals surface area contributed by atoms with Crippen molar-refractivity contribution in [2.24, 2.45) is 0 Å². The van der Waals surface area contributed by atoms with Gasteiger partial charge in [-0.3, -0.25) is 0 Å². The Bertz CT molecular complexity index is 825. The van der Waals surface area contributed by atoms with E-state index in [1.807, 2.05) is 66.2 Å². The first-order valence-corrected chi connectivity index (χ1v) is 8.80. The Morgan fingerprint density at radius 3 is 2.73 bits per heavy atom. The number of aromatic nitrogens is 2. The molecule has 6 nitrogen and oxygen atoms in total. The molecule has 2 heterocycles. The van der Waals surface area contributed by atoms with Crippen LogP contribution in [0.3, 0.4) is 0 Å². The Labute approximate surface area is 153 Å². The molecule has 2 aromatic heterocycles. The highest BCUT2D eigenvalue weighted by atomic mass is 16.5. The summed E-state index contributed by atoms with van der Waals surface area (Å²) in [6, 6.07) is 13.4. The van der Waals surface area contributed by atoms with Gasteiger partial charge in [0.05, 0.1) is 18.8 Å². The Morgan fingerprint density at radius 1 is 1.23 bits per heavy atom. The molecule has 3 aromatic rings. The van der Waals surface area contributed by atoms with Crippen LogP contribution in [0.2, 0.25) is 0 Å². The van der Waals surface area contributed by atoms with Crippen molar-refractivity contribution in [3.05, 3.63) is 66.1 Å². The lowest BCUT2D eigenvalue weighted by Gasteiger charge is -2.18. The van der Waals surface area contributed by atoms with Gasteiger partial charge in [0.25, 0.3) is 0 Å². The second kappa shape index (κ2) is 8.38. The average Bonchev–Trinajstić information content (AvgIpc) is 3.09. The number of nitrogens with zero attached hydrogens (tertiary/aromatic N) is 2. The van der Waals surface area contributed by atoms with Crippen LogP contribution in [0.25, 0.3) is 5.65 Å². The maximum atomic E-state index is 12.2. The maximum Gasteiger partial charge on any atom is 0.315 e. The van der Waals surface area contributed by atoms with E-state index in [0.29, 0.717) is 13.0 Å². The normalized spacial score (nSPS) is 11.9. The predicted octanol–water partition coefficient (Wildman–Crippen LogP) is 3.34. The van der Waals surface area contributed by atoms with E-state index in [9.17, 15) is 4.79 Å². The first kappa shape index (κ1) is 17.8. The molecule has 0 unspecified atom stereocenters. The van der Waals surface area contributed by atoms with Gasteiger partial charge in [-0.1, -0.05) is 25.1 Å². The van der Waals surface area contributed by atoms with Crippen LogP contribution in [0.15, 0.2) is 54.9 Å². The zero-order valence-corrected chi connectivity index (χ0v) is 15.1. The topological polar surface area (TPSA) is 67.7 Å². The van der Waals surface area contributed by atoms with Crippen LogP contribution in [0.5, 0.6) is 5.75 Å². The molecule has 2 amide bonds. The maximum absolute atomic E-state index is 12.2. The third-order valence-corrected chi connectivity index (χ3v) is 4.31. The van der Waals surface area contributed by atoms with Crippen molar-refractivity contribution in [2.45, 2.75) is 25.8 Å². The Morgan fingerprint density at radius 2 is 2.04 bits per heavy atom. The number of ether oxygens (including phenoxy) is 1. The summed E-state index contributed by atoms with van der Waals surface area (Å²) in [4.78, 5) is 16.7. The van der Waals surface area contributed by atoms with Crippen molar-refractivity contribution in [1.82, 2.24) is 20.0 Å². The molecule has 0 aliphatic rings. The molecule has 26 heavy (non-hydrogen) atoms. The number of methoxy groups -OCH3 is 1. The predicted molar refractivity (Wildman–Crippen MR) is 101 cm³/mol. The molecule has 0 radical (unpaired) electrons. The largest absolute Gasteiger partial charge is 0.497 e. The molecule has 0 aliphatic carbocycles. The fourth-order valence-corrected chi connectivity index (χ4v) is 2.88. The van der Waals surface area contributed by atoms with Gasteiger partial charge >= 0.3 is 6.03 Å². The second-order valence-corrected chi connectivity index (χ2v) is 6.08. The van der Waals surface area contributed by atoms with Gasteiger partial charge in [-0.15, -0.1) is 0 Å². The monoisotopic (exact) mass is 352 g/mol. The number of nitrogens with one attached hydrogen (secondary N) is 2. The van der Waals surface area contributed by atoms with Crippen LogP contribution >= 0.6 is 0 Å². The first-order valence-electron chi connectivity index (χ1n) is 8.80. The van der Waals surface area contributed by atoms with E-state index in [1.165, 1.54) is 0 Å². The summed E-state index contributed by atoms with van der Waals surface area (Å²) in [7, 11) is 1.64. The molecule has 1 atom stereocenters. The number of hydrogen-bond donors (Lipinski definition) is 2. The summed E-state index contributed by atoms with van der Waals surface area (Å²) >= 11 is 0. The van der Waals surface area contributed by atoms with Gasteiger partial charge < -0.3 is 19.8 Å². The number of carbonyl (C=O) groups excluding carboxylic acids is 1. The number of amides is 2. The molecule has 136 valence electrons. The zero-order chi connectivity index (χ0) is 18.4. The number of carbonyl (C=O) groups is 1. The molecule has 6 heteroatoms. The molecular weight excluding hydrogens is 328 g/mol. The minimum Gasteiger partial charge on any atom is -0.497 e. The fourth-order valence-electron chi connectivity index (χ4n) is 2.88. The third-order valence-electron chi connectivity index (χ3n) is 4.31. The summed E-state index contributed by atoms with van der Waals surface area (Å²) in [6.07, 6.45) is 5.45. The number of rotatable bonds is 7. The molecule has 0 bridgehead atoms. The number of pyridine rings is 1. The van der Waals surface area contributed by atoms with Crippen molar-refractivity contribution >= 4 is 11.7 Å². The Hall–Kier alpha value is -3.02. The quantitative estimate of drug-likeness (QED) is 0.685. The molecule has 2 N–H and O–H groups in total. The lowest BCUT2D eigenvalue weighted by atomic mass is 10.0. The molecule has 1 aromatic carbocycles. The number of fused-ring (bicyclic) bond motifs is 1. The van der Waals surface area contributed by atoms with Gasteiger partial charge in [0, 0.05) is 25.4 Å². The van der Waals surface area contributed by atoms with Gasteiger partial charge in [0.2, 0.25) is 0 Å². The number of imidazole rings is 1. The molecule has 0 spiro atoms. The van der Waals surface area contributed by atoms with Crippen LogP contribution < -0.4 is 15.4 Å². The highest BCUT2D eigenvalue weighted by molar-refractivity contribution is 5.74. The average molecular weight is 352 g/mol. The van der Waals surface area contributed by atoms with Gasteiger partial charge in [0.1, 0.15) is 11.4 Å². The van der Waals surface area contributed by atoms with E-state index in [1.54, 1.807) is 7.11 Å². The summed E-state index contributed by atoms with van der Waals surface area (Å²) in [5.74, 6) is 0.806. The zero-order valence-electron chi connectivity index (χ0n) is 15.1. The standard InChI is InChI=1S/C20H24N4O2/c1-3-18(15-7-9-17(26-2)10-8-15)23-20(25)21-12-11-16-14-24-13-5-4-6-19(24)22-16/h4-10,13-14,18H,3,11-12H2,1-2H3,(H2,21,23,25)/t18-/m0/s1. The Balaban J connectivity index is 1.50. The second-order valence-electron chi connectivity index (χ2n) is 6.08. The Kier molecular flexibility index (Phi) is 5.73. The summed E-state index contributed by atoms with van der Waals surface area (Å²) < 4.78 is 7.15. The fraction of sp³-hybridized carbons (Fsp3) is 0.300. The summed E-state index contributed by atoms with van der Waals surface area (Å²) in [6.45, 7) is 2.58. The SMILES string of the molecule is CC[C@H](NC(=O)NCCc1cn2ccccc2n1)c1ccc(OC)cc1. The highest BCUT2D eigenvalue weighted by Crippen LogP contribution is 2.19. The summed E-state index contributed by atoms with van der Waals surface area (Å²) in [5, 5.41) is 5.93. The van der Waals surface area contributed by atoms with Gasteiger partial charge in [0.15, 0.2) is 0 Å². The molecule has 0 saturated heterocycles. The first-order chi connectivity index (χ1) is 12.7. The lowest BCUT2D eigenvalue weighted by molar-refractivity contribution is 0.237. The lowest BCUT2D eigenvalue weighted by Crippen LogP contribution is -2.38. The minimum absolute atomic E-state index is 0.0314. The van der Waals surface area contributed by atoms with Crippen molar-refractivity contribution in [3.63, 3.8) is 0 Å². The molecule has 0 saturated carbocycles. The molecule has 0 aliphatic heterocycles. The molecule has 0 fully saturated rings. The summed E-state index contributed by atoms with van der Waals surface area (Å²) in [5.41, 5.74) is 2.93. The van der Waals surface area contributed by atoms with Gasteiger partial charge in [-0.2, -0.15) is 0 Å². The van der Waals surface area contributed by atoms with Crippen LogP contribution in [0.4, 0.5) is 4.79 Å². The van der Waals surface area contributed by atoms with E-state index in [4.69, 9.17) is 4.74 Å².